The minimum Gasteiger partial charge on any atom is -0.494 e. The van der Waals surface area contributed by atoms with Gasteiger partial charge in [0.2, 0.25) is 0 Å². The number of rotatable bonds is 1. The van der Waals surface area contributed by atoms with Crippen LogP contribution >= 0.6 is 27.5 Å². The number of nitrogens with zero attached hydrogens (tertiary/aromatic N) is 2. The van der Waals surface area contributed by atoms with Crippen molar-refractivity contribution >= 4 is 33.0 Å². The lowest BCUT2D eigenvalue weighted by molar-refractivity contribution is 0.412. The molecule has 0 fully saturated rings. The fourth-order valence-electron chi connectivity index (χ4n) is 1.10. The largest absolute Gasteiger partial charge is 0.494 e. The van der Waals surface area contributed by atoms with E-state index in [1.54, 1.807) is 30.1 Å². The van der Waals surface area contributed by atoms with E-state index >= 15 is 0 Å². The maximum atomic E-state index is 5.95. The normalized spacial score (nSPS) is 10.7. The first kappa shape index (κ1) is 8.84. The molecule has 3 nitrogen and oxygen atoms in total. The molecule has 0 aromatic carbocycles. The second-order valence-electron chi connectivity index (χ2n) is 2.51. The van der Waals surface area contributed by atoms with E-state index in [0.717, 1.165) is 9.99 Å². The van der Waals surface area contributed by atoms with Crippen molar-refractivity contribution in [2.24, 2.45) is 0 Å². The second kappa shape index (κ2) is 3.20. The van der Waals surface area contributed by atoms with Crippen LogP contribution in [0, 0.1) is 0 Å². The summed E-state index contributed by atoms with van der Waals surface area (Å²) < 4.78 is 7.67. The predicted octanol–water partition coefficient (Wildman–Crippen LogP) is 2.76. The standard InChI is InChI=1S/C8H6BrClN2O/c1-13-8-4-12-7(2-6(8)10)5(9)3-11-12/h2-4H,1H3. The maximum Gasteiger partial charge on any atom is 0.155 e. The van der Waals surface area contributed by atoms with Crippen molar-refractivity contribution in [2.75, 3.05) is 7.11 Å². The van der Waals surface area contributed by atoms with Crippen LogP contribution in [-0.2, 0) is 0 Å². The number of hydrogen-bond donors (Lipinski definition) is 0. The van der Waals surface area contributed by atoms with E-state index in [0.29, 0.717) is 10.8 Å². The summed E-state index contributed by atoms with van der Waals surface area (Å²) in [5.41, 5.74) is 0.922. The van der Waals surface area contributed by atoms with Gasteiger partial charge in [0.1, 0.15) is 0 Å². The summed E-state index contributed by atoms with van der Waals surface area (Å²) in [6, 6.07) is 1.80. The number of ether oxygens (including phenoxy) is 1. The Balaban J connectivity index is 2.76. The van der Waals surface area contributed by atoms with Crippen LogP contribution in [0.2, 0.25) is 5.02 Å². The van der Waals surface area contributed by atoms with Gasteiger partial charge in [-0.15, -0.1) is 0 Å². The summed E-state index contributed by atoms with van der Waals surface area (Å²) in [4.78, 5) is 0. The molecule has 0 atom stereocenters. The molecule has 0 aliphatic heterocycles. The van der Waals surface area contributed by atoms with Gasteiger partial charge in [0.05, 0.1) is 34.5 Å². The van der Waals surface area contributed by atoms with Gasteiger partial charge in [-0.2, -0.15) is 5.10 Å². The third-order valence-electron chi connectivity index (χ3n) is 1.75. The smallest absolute Gasteiger partial charge is 0.155 e. The highest BCUT2D eigenvalue weighted by molar-refractivity contribution is 9.10. The fraction of sp³-hybridized carbons (Fsp3) is 0.125. The fourth-order valence-corrected chi connectivity index (χ4v) is 1.72. The Labute approximate surface area is 88.4 Å². The average molecular weight is 262 g/mol. The summed E-state index contributed by atoms with van der Waals surface area (Å²) >= 11 is 9.31. The van der Waals surface area contributed by atoms with Crippen molar-refractivity contribution in [2.45, 2.75) is 0 Å². The number of hydrogen-bond acceptors (Lipinski definition) is 2. The van der Waals surface area contributed by atoms with Gasteiger partial charge in [0, 0.05) is 0 Å². The van der Waals surface area contributed by atoms with Gasteiger partial charge in [-0.3, -0.25) is 0 Å². The summed E-state index contributed by atoms with van der Waals surface area (Å²) in [6.07, 6.45) is 3.45. The Morgan fingerprint density at radius 1 is 1.62 bits per heavy atom. The Kier molecular flexibility index (Phi) is 2.17. The van der Waals surface area contributed by atoms with Gasteiger partial charge in [0.25, 0.3) is 0 Å². The van der Waals surface area contributed by atoms with Crippen LogP contribution in [-0.4, -0.2) is 16.7 Å². The molecule has 0 unspecified atom stereocenters. The van der Waals surface area contributed by atoms with E-state index < -0.39 is 0 Å². The van der Waals surface area contributed by atoms with Crippen molar-refractivity contribution in [3.8, 4) is 5.75 Å². The molecule has 5 heteroatoms. The van der Waals surface area contributed by atoms with Gasteiger partial charge in [-0.1, -0.05) is 11.6 Å². The predicted molar refractivity (Wildman–Crippen MR) is 54.5 cm³/mol. The lowest BCUT2D eigenvalue weighted by Crippen LogP contribution is -1.90. The summed E-state index contributed by atoms with van der Waals surface area (Å²) in [5, 5.41) is 4.68. The third-order valence-corrected chi connectivity index (χ3v) is 2.65. The summed E-state index contributed by atoms with van der Waals surface area (Å²) in [5.74, 6) is 0.616. The molecular weight excluding hydrogens is 255 g/mol. The van der Waals surface area contributed by atoms with Crippen molar-refractivity contribution in [1.82, 2.24) is 9.61 Å². The Morgan fingerprint density at radius 3 is 3.08 bits per heavy atom. The van der Waals surface area contributed by atoms with Crippen LogP contribution in [0.15, 0.2) is 22.9 Å². The number of halogens is 2. The van der Waals surface area contributed by atoms with E-state index in [-0.39, 0.29) is 0 Å². The minimum atomic E-state index is 0.580. The second-order valence-corrected chi connectivity index (χ2v) is 3.77. The van der Waals surface area contributed by atoms with Gasteiger partial charge in [-0.25, -0.2) is 4.52 Å². The number of aromatic nitrogens is 2. The van der Waals surface area contributed by atoms with Crippen LogP contribution in [0.25, 0.3) is 5.52 Å². The topological polar surface area (TPSA) is 26.5 Å². The number of methoxy groups -OCH3 is 1. The van der Waals surface area contributed by atoms with Gasteiger partial charge >= 0.3 is 0 Å². The lowest BCUT2D eigenvalue weighted by Gasteiger charge is -2.02. The van der Waals surface area contributed by atoms with Crippen LogP contribution in [0.5, 0.6) is 5.75 Å². The quantitative estimate of drug-likeness (QED) is 0.789. The molecule has 2 aromatic heterocycles. The first-order valence-electron chi connectivity index (χ1n) is 3.59. The van der Waals surface area contributed by atoms with Gasteiger partial charge in [-0.05, 0) is 22.0 Å². The lowest BCUT2D eigenvalue weighted by atomic mass is 10.4. The van der Waals surface area contributed by atoms with E-state index in [1.165, 1.54) is 0 Å². The molecule has 0 spiro atoms. The van der Waals surface area contributed by atoms with E-state index in [9.17, 15) is 0 Å². The molecule has 2 aromatic rings. The molecule has 0 bridgehead atoms. The van der Waals surface area contributed by atoms with E-state index in [2.05, 4.69) is 21.0 Å². The molecule has 0 radical (unpaired) electrons. The monoisotopic (exact) mass is 260 g/mol. The molecule has 13 heavy (non-hydrogen) atoms. The Hall–Kier alpha value is -0.740. The first-order chi connectivity index (χ1) is 6.22. The average Bonchev–Trinajstić information content (AvgIpc) is 2.47. The molecular formula is C8H6BrClN2O. The van der Waals surface area contributed by atoms with Crippen LogP contribution in [0.1, 0.15) is 0 Å². The molecule has 2 rings (SSSR count). The molecule has 2 heterocycles. The SMILES string of the molecule is COc1cn2ncc(Br)c2cc1Cl. The summed E-state index contributed by atoms with van der Waals surface area (Å²) in [6.45, 7) is 0. The van der Waals surface area contributed by atoms with Crippen molar-refractivity contribution < 1.29 is 4.74 Å². The molecule has 0 aliphatic carbocycles. The highest BCUT2D eigenvalue weighted by Gasteiger charge is 2.06. The molecule has 0 N–H and O–H groups in total. The Bertz CT molecular complexity index is 455. The molecule has 0 saturated carbocycles. The zero-order valence-corrected chi connectivity index (χ0v) is 9.13. The van der Waals surface area contributed by atoms with Crippen LogP contribution < -0.4 is 4.74 Å². The first-order valence-corrected chi connectivity index (χ1v) is 4.76. The number of fused-ring (bicyclic) bond motifs is 1. The zero-order chi connectivity index (χ0) is 9.42. The highest BCUT2D eigenvalue weighted by Crippen LogP contribution is 2.28. The molecule has 0 saturated heterocycles. The maximum absolute atomic E-state index is 5.95. The van der Waals surface area contributed by atoms with Gasteiger partial charge in [0.15, 0.2) is 5.75 Å². The molecule has 0 aliphatic rings. The Morgan fingerprint density at radius 2 is 2.38 bits per heavy atom. The summed E-state index contributed by atoms with van der Waals surface area (Å²) in [7, 11) is 1.57. The van der Waals surface area contributed by atoms with Crippen molar-refractivity contribution in [3.05, 3.63) is 28.0 Å². The van der Waals surface area contributed by atoms with Crippen molar-refractivity contribution in [3.63, 3.8) is 0 Å². The van der Waals surface area contributed by atoms with Crippen molar-refractivity contribution in [1.29, 1.82) is 0 Å². The van der Waals surface area contributed by atoms with Gasteiger partial charge < -0.3 is 4.74 Å². The van der Waals surface area contributed by atoms with E-state index in [1.807, 2.05) is 0 Å². The molecule has 68 valence electrons. The zero-order valence-electron chi connectivity index (χ0n) is 6.79. The number of pyridine rings is 1. The molecule has 0 amide bonds. The van der Waals surface area contributed by atoms with Crippen LogP contribution in [0.3, 0.4) is 0 Å². The third kappa shape index (κ3) is 1.40. The minimum absolute atomic E-state index is 0.580. The van der Waals surface area contributed by atoms with Crippen LogP contribution in [0.4, 0.5) is 0 Å². The highest BCUT2D eigenvalue weighted by atomic mass is 79.9. The van der Waals surface area contributed by atoms with E-state index in [4.69, 9.17) is 16.3 Å².